The predicted molar refractivity (Wildman–Crippen MR) is 79.0 cm³/mol. The summed E-state index contributed by atoms with van der Waals surface area (Å²) in [5.74, 6) is 1.67. The van der Waals surface area contributed by atoms with Crippen LogP contribution in [0.1, 0.15) is 17.5 Å². The Morgan fingerprint density at radius 2 is 2.19 bits per heavy atom. The molecule has 5 heteroatoms. The van der Waals surface area contributed by atoms with E-state index in [4.69, 9.17) is 8.94 Å². The summed E-state index contributed by atoms with van der Waals surface area (Å²) in [5, 5.41) is 7.41. The lowest BCUT2D eigenvalue weighted by atomic mass is 10.0. The average Bonchev–Trinajstić information content (AvgIpc) is 3.15. The van der Waals surface area contributed by atoms with Gasteiger partial charge in [-0.25, -0.2) is 0 Å². The van der Waals surface area contributed by atoms with Crippen LogP contribution >= 0.6 is 0 Å². The van der Waals surface area contributed by atoms with Gasteiger partial charge in [0.1, 0.15) is 0 Å². The molecule has 0 atom stereocenters. The minimum atomic E-state index is 0.489. The average molecular weight is 281 g/mol. The largest absolute Gasteiger partial charge is 0.461 e. The molecule has 0 saturated heterocycles. The smallest absolute Gasteiger partial charge is 0.258 e. The monoisotopic (exact) mass is 281 g/mol. The summed E-state index contributed by atoms with van der Waals surface area (Å²) in [4.78, 5) is 4.44. The second kappa shape index (κ2) is 4.77. The molecule has 1 aromatic carbocycles. The molecule has 5 nitrogen and oxygen atoms in total. The number of anilines is 1. The van der Waals surface area contributed by atoms with Crippen molar-refractivity contribution in [2.45, 2.75) is 19.8 Å². The van der Waals surface area contributed by atoms with E-state index in [-0.39, 0.29) is 0 Å². The van der Waals surface area contributed by atoms with Crippen LogP contribution in [0.5, 0.6) is 0 Å². The van der Waals surface area contributed by atoms with Gasteiger partial charge in [0.2, 0.25) is 5.82 Å². The molecule has 0 unspecified atom stereocenters. The van der Waals surface area contributed by atoms with Crippen molar-refractivity contribution in [2.24, 2.45) is 0 Å². The van der Waals surface area contributed by atoms with E-state index in [1.165, 1.54) is 11.3 Å². The molecule has 1 N–H and O–H groups in total. The lowest BCUT2D eigenvalue weighted by Gasteiger charge is -2.17. The Kier molecular flexibility index (Phi) is 2.77. The van der Waals surface area contributed by atoms with Crippen LogP contribution in [-0.4, -0.2) is 16.7 Å². The van der Waals surface area contributed by atoms with Gasteiger partial charge < -0.3 is 14.3 Å². The molecule has 4 rings (SSSR count). The van der Waals surface area contributed by atoms with Crippen LogP contribution in [0.2, 0.25) is 0 Å². The summed E-state index contributed by atoms with van der Waals surface area (Å²) in [6, 6.07) is 8.08. The third-order valence-electron chi connectivity index (χ3n) is 3.78. The van der Waals surface area contributed by atoms with Crippen molar-refractivity contribution in [2.75, 3.05) is 11.9 Å². The molecule has 1 aliphatic heterocycles. The summed E-state index contributed by atoms with van der Waals surface area (Å²) >= 11 is 0. The zero-order chi connectivity index (χ0) is 14.2. The summed E-state index contributed by atoms with van der Waals surface area (Å²) in [7, 11) is 0. The molecule has 0 radical (unpaired) electrons. The lowest BCUT2D eigenvalue weighted by Crippen LogP contribution is -2.11. The van der Waals surface area contributed by atoms with Gasteiger partial charge in [-0.15, -0.1) is 0 Å². The first-order valence-corrected chi connectivity index (χ1v) is 7.06. The van der Waals surface area contributed by atoms with Crippen molar-refractivity contribution in [1.29, 1.82) is 0 Å². The van der Waals surface area contributed by atoms with Gasteiger partial charge >= 0.3 is 0 Å². The highest BCUT2D eigenvalue weighted by Gasteiger charge is 2.16. The number of benzene rings is 1. The van der Waals surface area contributed by atoms with Crippen LogP contribution in [0.15, 0.2) is 39.5 Å². The number of hydrogen-bond acceptors (Lipinski definition) is 5. The van der Waals surface area contributed by atoms with Gasteiger partial charge in [0, 0.05) is 17.8 Å². The maximum Gasteiger partial charge on any atom is 0.258 e. The van der Waals surface area contributed by atoms with Gasteiger partial charge in [0.15, 0.2) is 5.76 Å². The van der Waals surface area contributed by atoms with Gasteiger partial charge in [0.25, 0.3) is 5.89 Å². The Balaban J connectivity index is 1.71. The highest BCUT2D eigenvalue weighted by atomic mass is 16.5. The van der Waals surface area contributed by atoms with E-state index in [9.17, 15) is 0 Å². The Labute approximate surface area is 122 Å². The number of nitrogens with one attached hydrogen (secondary N) is 1. The van der Waals surface area contributed by atoms with Crippen LogP contribution in [-0.2, 0) is 6.42 Å². The molecular formula is C16H15N3O2. The Morgan fingerprint density at radius 3 is 3.05 bits per heavy atom. The van der Waals surface area contributed by atoms with Gasteiger partial charge in [-0.1, -0.05) is 5.16 Å². The van der Waals surface area contributed by atoms with Crippen molar-refractivity contribution in [1.82, 2.24) is 10.1 Å². The molecule has 0 amide bonds. The van der Waals surface area contributed by atoms with E-state index in [0.717, 1.165) is 30.5 Å². The number of nitrogens with zero attached hydrogens (tertiary/aromatic N) is 2. The summed E-state index contributed by atoms with van der Waals surface area (Å²) < 4.78 is 10.8. The van der Waals surface area contributed by atoms with Gasteiger partial charge in [-0.2, -0.15) is 4.98 Å². The standard InChI is InChI=1S/C16H15N3O2/c1-10-6-8-20-14(10)15-18-16(21-19-15)12-4-5-13-11(9-12)3-2-7-17-13/h4-6,8-9,17H,2-3,7H2,1H3. The molecule has 3 heterocycles. The van der Waals surface area contributed by atoms with Crippen LogP contribution in [0.4, 0.5) is 5.69 Å². The van der Waals surface area contributed by atoms with Crippen LogP contribution in [0, 0.1) is 6.92 Å². The predicted octanol–water partition coefficient (Wildman–Crippen LogP) is 3.66. The first kappa shape index (κ1) is 12.2. The van der Waals surface area contributed by atoms with Crippen molar-refractivity contribution in [3.8, 4) is 23.0 Å². The zero-order valence-electron chi connectivity index (χ0n) is 11.7. The van der Waals surface area contributed by atoms with Crippen molar-refractivity contribution >= 4 is 5.69 Å². The number of aromatic nitrogens is 2. The highest BCUT2D eigenvalue weighted by molar-refractivity contribution is 5.65. The Hall–Kier alpha value is -2.56. The molecule has 0 bridgehead atoms. The van der Waals surface area contributed by atoms with Crippen LogP contribution < -0.4 is 5.32 Å². The fourth-order valence-electron chi connectivity index (χ4n) is 2.64. The third-order valence-corrected chi connectivity index (χ3v) is 3.78. The first-order valence-electron chi connectivity index (χ1n) is 7.06. The molecular weight excluding hydrogens is 266 g/mol. The Bertz CT molecular complexity index is 788. The van der Waals surface area contributed by atoms with E-state index >= 15 is 0 Å². The van der Waals surface area contributed by atoms with Crippen LogP contribution in [0.25, 0.3) is 23.0 Å². The molecule has 0 saturated carbocycles. The molecule has 1 aliphatic rings. The minimum Gasteiger partial charge on any atom is -0.461 e. The normalized spacial score (nSPS) is 13.8. The van der Waals surface area contributed by atoms with Crippen molar-refractivity contribution in [3.05, 3.63) is 41.7 Å². The summed E-state index contributed by atoms with van der Waals surface area (Å²) in [6.07, 6.45) is 3.86. The van der Waals surface area contributed by atoms with Crippen molar-refractivity contribution < 1.29 is 8.94 Å². The SMILES string of the molecule is Cc1ccoc1-c1noc(-c2ccc3c(c2)CCCN3)n1. The van der Waals surface area contributed by atoms with Crippen molar-refractivity contribution in [3.63, 3.8) is 0 Å². The number of aryl methyl sites for hydroxylation is 2. The quantitative estimate of drug-likeness (QED) is 0.776. The van der Waals surface area contributed by atoms with E-state index in [1.54, 1.807) is 6.26 Å². The van der Waals surface area contributed by atoms with Gasteiger partial charge in [-0.3, -0.25) is 0 Å². The van der Waals surface area contributed by atoms with Gasteiger partial charge in [-0.05, 0) is 55.2 Å². The minimum absolute atomic E-state index is 0.489. The molecule has 0 spiro atoms. The number of rotatable bonds is 2. The number of furan rings is 1. The Morgan fingerprint density at radius 1 is 1.24 bits per heavy atom. The highest BCUT2D eigenvalue weighted by Crippen LogP contribution is 2.29. The molecule has 3 aromatic rings. The van der Waals surface area contributed by atoms with E-state index in [0.29, 0.717) is 17.5 Å². The maximum absolute atomic E-state index is 5.40. The first-order chi connectivity index (χ1) is 10.3. The number of hydrogen-bond donors (Lipinski definition) is 1. The fraction of sp³-hybridized carbons (Fsp3) is 0.250. The molecule has 106 valence electrons. The molecule has 0 fully saturated rings. The number of fused-ring (bicyclic) bond motifs is 1. The van der Waals surface area contributed by atoms with E-state index < -0.39 is 0 Å². The summed E-state index contributed by atoms with van der Waals surface area (Å²) in [5.41, 5.74) is 4.44. The zero-order valence-corrected chi connectivity index (χ0v) is 11.7. The second-order valence-electron chi connectivity index (χ2n) is 5.26. The molecule has 2 aromatic heterocycles. The topological polar surface area (TPSA) is 64.1 Å². The van der Waals surface area contributed by atoms with Crippen LogP contribution in [0.3, 0.4) is 0 Å². The van der Waals surface area contributed by atoms with E-state index in [1.807, 2.05) is 19.1 Å². The molecule has 21 heavy (non-hydrogen) atoms. The lowest BCUT2D eigenvalue weighted by molar-refractivity contribution is 0.429. The summed E-state index contributed by atoms with van der Waals surface area (Å²) in [6.45, 7) is 2.99. The maximum atomic E-state index is 5.40. The third kappa shape index (κ3) is 2.11. The second-order valence-corrected chi connectivity index (χ2v) is 5.26. The molecule has 0 aliphatic carbocycles. The van der Waals surface area contributed by atoms with E-state index in [2.05, 4.69) is 27.6 Å². The van der Waals surface area contributed by atoms with Gasteiger partial charge in [0.05, 0.1) is 6.26 Å². The fourth-order valence-corrected chi connectivity index (χ4v) is 2.64.